The quantitative estimate of drug-likeness (QED) is 0.407. The van der Waals surface area contributed by atoms with E-state index in [9.17, 15) is 9.32 Å². The summed E-state index contributed by atoms with van der Waals surface area (Å²) in [5.74, 6) is 1.26. The number of fused-ring (bicyclic) bond motifs is 4. The number of phenols is 1. The van der Waals surface area contributed by atoms with Crippen LogP contribution in [0.1, 0.15) is 25.7 Å². The summed E-state index contributed by atoms with van der Waals surface area (Å²) in [6.07, 6.45) is 5.00. The van der Waals surface area contributed by atoms with E-state index < -0.39 is 16.6 Å². The summed E-state index contributed by atoms with van der Waals surface area (Å²) in [7, 11) is -0.817. The first-order valence-corrected chi connectivity index (χ1v) is 14.6. The van der Waals surface area contributed by atoms with Crippen molar-refractivity contribution < 1.29 is 18.4 Å². The predicted molar refractivity (Wildman–Crippen MR) is 146 cm³/mol. The Hall–Kier alpha value is -3.37. The minimum absolute atomic E-state index is 0.0402. The Kier molecular flexibility index (Phi) is 5.89. The minimum atomic E-state index is -0.817. The number of phenolic OH excluding ortho intramolecular Hbond substituents is 1. The highest BCUT2D eigenvalue weighted by molar-refractivity contribution is 7.85. The van der Waals surface area contributed by atoms with Crippen LogP contribution in [0, 0.1) is 5.82 Å². The van der Waals surface area contributed by atoms with Crippen LogP contribution in [0.5, 0.6) is 11.8 Å². The third-order valence-electron chi connectivity index (χ3n) is 7.87. The van der Waals surface area contributed by atoms with E-state index in [1.54, 1.807) is 12.3 Å². The summed E-state index contributed by atoms with van der Waals surface area (Å²) in [5, 5.41) is 16.1. The van der Waals surface area contributed by atoms with Gasteiger partial charge in [-0.3, -0.25) is 9.19 Å². The minimum Gasteiger partial charge on any atom is -0.508 e. The number of hydrogen-bond acceptors (Lipinski definition) is 8. The lowest BCUT2D eigenvalue weighted by Crippen LogP contribution is -2.51. The number of halogens is 1. The standard InChI is InChI=1S/C28H28FN5O3S/c29-24-25(22-12-19(35)11-16-3-1-2-4-21(16)22)30-13-23-26(24)32-28(37-20-7-9-38(36)10-8-20)33-27(23)34-14-17-5-6-18(15-34)31-17/h1-4,11-13,17-18,20,31,35H,5-10,14-15H2. The van der Waals surface area contributed by atoms with E-state index in [2.05, 4.69) is 20.2 Å². The Morgan fingerprint density at radius 2 is 1.79 bits per heavy atom. The summed E-state index contributed by atoms with van der Waals surface area (Å²) < 4.78 is 34.4. The molecular weight excluding hydrogens is 505 g/mol. The van der Waals surface area contributed by atoms with Crippen LogP contribution in [0.2, 0.25) is 0 Å². The Morgan fingerprint density at radius 1 is 1.03 bits per heavy atom. The molecule has 2 unspecified atom stereocenters. The van der Waals surface area contributed by atoms with Gasteiger partial charge in [0, 0.05) is 59.2 Å². The maximum absolute atomic E-state index is 16.4. The van der Waals surface area contributed by atoms with Crippen LogP contribution in [0.15, 0.2) is 42.6 Å². The van der Waals surface area contributed by atoms with Crippen LogP contribution in [0.3, 0.4) is 0 Å². The second-order valence-electron chi connectivity index (χ2n) is 10.4. The number of anilines is 1. The maximum Gasteiger partial charge on any atom is 0.319 e. The molecule has 3 aliphatic rings. The fourth-order valence-electron chi connectivity index (χ4n) is 6.00. The summed E-state index contributed by atoms with van der Waals surface area (Å²) >= 11 is 0. The number of ether oxygens (including phenoxy) is 1. The molecule has 0 amide bonds. The summed E-state index contributed by atoms with van der Waals surface area (Å²) in [6.45, 7) is 1.54. The van der Waals surface area contributed by atoms with Crippen molar-refractivity contribution in [2.75, 3.05) is 29.5 Å². The first-order chi connectivity index (χ1) is 18.5. The fraction of sp³-hybridized carbons (Fsp3) is 0.393. The Bertz CT molecular complexity index is 1560. The number of aromatic hydroxyl groups is 1. The molecule has 3 fully saturated rings. The number of piperazine rings is 1. The Labute approximate surface area is 221 Å². The Balaban J connectivity index is 1.37. The van der Waals surface area contributed by atoms with E-state index in [4.69, 9.17) is 9.72 Å². The molecular formula is C28H28FN5O3S. The number of nitrogens with zero attached hydrogens (tertiary/aromatic N) is 4. The molecule has 0 spiro atoms. The molecule has 7 rings (SSSR count). The van der Waals surface area contributed by atoms with Crippen LogP contribution in [0.4, 0.5) is 10.2 Å². The van der Waals surface area contributed by atoms with Gasteiger partial charge in [0.15, 0.2) is 5.82 Å². The normalized spacial score (nSPS) is 25.2. The van der Waals surface area contributed by atoms with Gasteiger partial charge in [0.05, 0.1) is 5.39 Å². The van der Waals surface area contributed by atoms with E-state index >= 15 is 4.39 Å². The van der Waals surface area contributed by atoms with Crippen molar-refractivity contribution in [1.29, 1.82) is 0 Å². The van der Waals surface area contributed by atoms with Crippen LogP contribution < -0.4 is 15.0 Å². The van der Waals surface area contributed by atoms with E-state index in [-0.39, 0.29) is 29.1 Å². The SMILES string of the molecule is O=S1CCC(Oc2nc(N3CC4CCC(C3)N4)c3cnc(-c4cc(O)cc5ccccc45)c(F)c3n2)CC1. The van der Waals surface area contributed by atoms with E-state index in [1.165, 1.54) is 6.07 Å². The molecule has 8 nitrogen and oxygen atoms in total. The molecule has 0 saturated carbocycles. The van der Waals surface area contributed by atoms with Crippen molar-refractivity contribution in [3.63, 3.8) is 0 Å². The zero-order chi connectivity index (χ0) is 25.8. The molecule has 0 radical (unpaired) electrons. The van der Waals surface area contributed by atoms with Crippen LogP contribution >= 0.6 is 0 Å². The average Bonchev–Trinajstić information content (AvgIpc) is 3.26. The monoisotopic (exact) mass is 533 g/mol. The van der Waals surface area contributed by atoms with E-state index in [0.29, 0.717) is 53.2 Å². The molecule has 2 atom stereocenters. The Morgan fingerprint density at radius 3 is 2.58 bits per heavy atom. The number of hydrogen-bond donors (Lipinski definition) is 2. The molecule has 38 heavy (non-hydrogen) atoms. The lowest BCUT2D eigenvalue weighted by atomic mass is 10.00. The lowest BCUT2D eigenvalue weighted by molar-refractivity contribution is 0.175. The number of pyridine rings is 1. The fourth-order valence-corrected chi connectivity index (χ4v) is 7.26. The highest BCUT2D eigenvalue weighted by Crippen LogP contribution is 2.37. The number of aromatic nitrogens is 3. The van der Waals surface area contributed by atoms with Crippen LogP contribution in [0.25, 0.3) is 32.9 Å². The molecule has 4 aromatic rings. The second-order valence-corrected chi connectivity index (χ2v) is 12.1. The van der Waals surface area contributed by atoms with Crippen molar-refractivity contribution in [1.82, 2.24) is 20.3 Å². The average molecular weight is 534 g/mol. The van der Waals surface area contributed by atoms with Gasteiger partial charge in [-0.05, 0) is 48.6 Å². The van der Waals surface area contributed by atoms with Gasteiger partial charge in [0.2, 0.25) is 0 Å². The summed E-state index contributed by atoms with van der Waals surface area (Å²) in [4.78, 5) is 16.1. The van der Waals surface area contributed by atoms with Crippen molar-refractivity contribution in [3.05, 3.63) is 48.4 Å². The van der Waals surface area contributed by atoms with E-state index in [1.807, 2.05) is 24.3 Å². The molecule has 2 aromatic heterocycles. The molecule has 3 aliphatic heterocycles. The zero-order valence-corrected chi connectivity index (χ0v) is 21.6. The van der Waals surface area contributed by atoms with Crippen molar-refractivity contribution in [2.45, 2.75) is 43.9 Å². The zero-order valence-electron chi connectivity index (χ0n) is 20.8. The topological polar surface area (TPSA) is 100 Å². The highest BCUT2D eigenvalue weighted by atomic mass is 32.2. The van der Waals surface area contributed by atoms with Crippen molar-refractivity contribution >= 4 is 38.3 Å². The third kappa shape index (κ3) is 4.25. The largest absolute Gasteiger partial charge is 0.508 e. The van der Waals surface area contributed by atoms with E-state index in [0.717, 1.165) is 36.7 Å². The van der Waals surface area contributed by atoms with Gasteiger partial charge in [-0.15, -0.1) is 0 Å². The lowest BCUT2D eigenvalue weighted by Gasteiger charge is -2.34. The smallest absolute Gasteiger partial charge is 0.319 e. The van der Waals surface area contributed by atoms with Crippen LogP contribution in [-0.2, 0) is 10.8 Å². The van der Waals surface area contributed by atoms with Gasteiger partial charge in [-0.1, -0.05) is 24.3 Å². The van der Waals surface area contributed by atoms with Crippen molar-refractivity contribution in [2.24, 2.45) is 0 Å². The molecule has 0 aliphatic carbocycles. The first-order valence-electron chi connectivity index (χ1n) is 13.1. The highest BCUT2D eigenvalue weighted by Gasteiger charge is 2.34. The van der Waals surface area contributed by atoms with Gasteiger partial charge >= 0.3 is 6.01 Å². The molecule has 5 heterocycles. The van der Waals surface area contributed by atoms with Crippen molar-refractivity contribution in [3.8, 4) is 23.0 Å². The maximum atomic E-state index is 16.4. The number of rotatable bonds is 4. The summed E-state index contributed by atoms with van der Waals surface area (Å²) in [5.41, 5.74) is 0.763. The predicted octanol–water partition coefficient (Wildman–Crippen LogP) is 3.92. The van der Waals surface area contributed by atoms with Gasteiger partial charge in [0.1, 0.15) is 28.9 Å². The molecule has 2 aromatic carbocycles. The van der Waals surface area contributed by atoms with Gasteiger partial charge in [-0.2, -0.15) is 9.97 Å². The second kappa shape index (κ2) is 9.43. The number of nitrogens with one attached hydrogen (secondary N) is 1. The molecule has 2 N–H and O–H groups in total. The molecule has 196 valence electrons. The summed E-state index contributed by atoms with van der Waals surface area (Å²) in [6, 6.07) is 11.6. The third-order valence-corrected chi connectivity index (χ3v) is 9.25. The molecule has 3 saturated heterocycles. The van der Waals surface area contributed by atoms with Gasteiger partial charge < -0.3 is 20.1 Å². The molecule has 10 heteroatoms. The molecule has 2 bridgehead atoms. The van der Waals surface area contributed by atoms with Gasteiger partial charge in [-0.25, -0.2) is 4.39 Å². The number of benzene rings is 2. The van der Waals surface area contributed by atoms with Crippen LogP contribution in [-0.4, -0.2) is 67.1 Å². The first kappa shape index (κ1) is 23.7. The van der Waals surface area contributed by atoms with Gasteiger partial charge in [0.25, 0.3) is 0 Å².